The van der Waals surface area contributed by atoms with E-state index in [-0.39, 0.29) is 37.5 Å². The van der Waals surface area contributed by atoms with Crippen molar-refractivity contribution in [2.75, 3.05) is 13.2 Å². The number of ether oxygens (including phenoxy) is 3. The van der Waals surface area contributed by atoms with Crippen molar-refractivity contribution in [3.05, 3.63) is 146 Å². The number of esters is 3. The molecule has 1 atom stereocenters. The lowest BCUT2D eigenvalue weighted by atomic mass is 10.0. The Labute approximate surface area is 493 Å². The van der Waals surface area contributed by atoms with E-state index in [0.717, 1.165) is 128 Å². The second-order valence-corrected chi connectivity index (χ2v) is 21.3. The van der Waals surface area contributed by atoms with Crippen LogP contribution in [0.2, 0.25) is 0 Å². The van der Waals surface area contributed by atoms with Gasteiger partial charge in [-0.1, -0.05) is 301 Å². The maximum Gasteiger partial charge on any atom is 0.306 e. The van der Waals surface area contributed by atoms with Crippen LogP contribution in [0.5, 0.6) is 0 Å². The summed E-state index contributed by atoms with van der Waals surface area (Å²) in [4.78, 5) is 38.3. The van der Waals surface area contributed by atoms with Crippen LogP contribution in [0.3, 0.4) is 0 Å². The van der Waals surface area contributed by atoms with E-state index in [1.54, 1.807) is 0 Å². The van der Waals surface area contributed by atoms with Crippen LogP contribution >= 0.6 is 0 Å². The molecule has 0 aliphatic carbocycles. The SMILES string of the molecule is CC/C=C\C/C=C\C/C=C\C/C=C\C/C=C\C/C=C\C/C=C\C/C=C\CCCCCCCCC(=O)OCC(COC(=O)CC/C=C\C/C=C\C/C=C\C/C=C\CC)OC(=O)CCCCCCCCCCCCCCCCCCCC. The number of rotatable bonds is 58. The first-order valence-corrected chi connectivity index (χ1v) is 32.8. The van der Waals surface area contributed by atoms with Crippen LogP contribution in [-0.2, 0) is 28.6 Å². The summed E-state index contributed by atoms with van der Waals surface area (Å²) in [6, 6.07) is 0. The number of carbonyl (C=O) groups is 3. The molecule has 0 aromatic heterocycles. The van der Waals surface area contributed by atoms with Gasteiger partial charge in [-0.25, -0.2) is 0 Å². The lowest BCUT2D eigenvalue weighted by Gasteiger charge is -2.18. The van der Waals surface area contributed by atoms with Gasteiger partial charge in [0.05, 0.1) is 0 Å². The first-order chi connectivity index (χ1) is 39.5. The average Bonchev–Trinajstić information content (AvgIpc) is 3.46. The molecule has 0 spiro atoms. The fourth-order valence-electron chi connectivity index (χ4n) is 8.77. The van der Waals surface area contributed by atoms with Gasteiger partial charge in [0.25, 0.3) is 0 Å². The molecule has 0 saturated carbocycles. The molecule has 0 N–H and O–H groups in total. The number of allylic oxidation sites excluding steroid dienone is 24. The van der Waals surface area contributed by atoms with Crippen LogP contribution in [0.15, 0.2) is 146 Å². The van der Waals surface area contributed by atoms with E-state index in [1.165, 1.54) is 109 Å². The first kappa shape index (κ1) is 75.3. The van der Waals surface area contributed by atoms with Gasteiger partial charge in [0.1, 0.15) is 13.2 Å². The summed E-state index contributed by atoms with van der Waals surface area (Å²) in [5.41, 5.74) is 0. The Hall–Kier alpha value is -4.71. The van der Waals surface area contributed by atoms with Crippen LogP contribution in [0.25, 0.3) is 0 Å². The molecule has 0 aliphatic rings. The molecule has 6 heteroatoms. The summed E-state index contributed by atoms with van der Waals surface area (Å²) in [7, 11) is 0. The Bertz CT molecular complexity index is 1750. The average molecular weight is 1110 g/mol. The van der Waals surface area contributed by atoms with Crippen molar-refractivity contribution in [3.8, 4) is 0 Å². The van der Waals surface area contributed by atoms with E-state index in [1.807, 2.05) is 6.08 Å². The molecule has 80 heavy (non-hydrogen) atoms. The molecule has 452 valence electrons. The van der Waals surface area contributed by atoms with Crippen LogP contribution in [0.1, 0.15) is 284 Å². The minimum absolute atomic E-state index is 0.110. The number of hydrogen-bond acceptors (Lipinski definition) is 6. The fourth-order valence-corrected chi connectivity index (χ4v) is 8.77. The second-order valence-electron chi connectivity index (χ2n) is 21.3. The smallest absolute Gasteiger partial charge is 0.306 e. The molecule has 0 aliphatic heterocycles. The molecule has 0 heterocycles. The van der Waals surface area contributed by atoms with Gasteiger partial charge in [0, 0.05) is 19.3 Å². The molecule has 0 radical (unpaired) electrons. The monoisotopic (exact) mass is 1100 g/mol. The highest BCUT2D eigenvalue weighted by Crippen LogP contribution is 2.16. The highest BCUT2D eigenvalue weighted by Gasteiger charge is 2.19. The van der Waals surface area contributed by atoms with Crippen molar-refractivity contribution >= 4 is 17.9 Å². The summed E-state index contributed by atoms with van der Waals surface area (Å²) in [6.07, 6.45) is 95.9. The number of hydrogen-bond donors (Lipinski definition) is 0. The van der Waals surface area contributed by atoms with Crippen LogP contribution in [-0.4, -0.2) is 37.2 Å². The van der Waals surface area contributed by atoms with Crippen LogP contribution in [0.4, 0.5) is 0 Å². The van der Waals surface area contributed by atoms with Gasteiger partial charge in [-0.3, -0.25) is 14.4 Å². The van der Waals surface area contributed by atoms with E-state index in [4.69, 9.17) is 14.2 Å². The van der Waals surface area contributed by atoms with Crippen molar-refractivity contribution in [3.63, 3.8) is 0 Å². The van der Waals surface area contributed by atoms with Gasteiger partial charge in [-0.15, -0.1) is 0 Å². The summed E-state index contributed by atoms with van der Waals surface area (Å²) in [5.74, 6) is -1.00. The zero-order valence-electron chi connectivity index (χ0n) is 51.8. The summed E-state index contributed by atoms with van der Waals surface area (Å²) in [6.45, 7) is 6.35. The third-order valence-electron chi connectivity index (χ3n) is 13.6. The third-order valence-corrected chi connectivity index (χ3v) is 13.6. The van der Waals surface area contributed by atoms with Gasteiger partial charge < -0.3 is 14.2 Å². The maximum atomic E-state index is 12.9. The normalized spacial score (nSPS) is 13.1. The Balaban J connectivity index is 4.37. The maximum absolute atomic E-state index is 12.9. The fraction of sp³-hybridized carbons (Fsp3) is 0.635. The van der Waals surface area contributed by atoms with Crippen molar-refractivity contribution in [1.82, 2.24) is 0 Å². The molecular formula is C74H120O6. The molecule has 0 aromatic rings. The zero-order chi connectivity index (χ0) is 57.8. The lowest BCUT2D eigenvalue weighted by Crippen LogP contribution is -2.30. The van der Waals surface area contributed by atoms with E-state index < -0.39 is 6.10 Å². The molecule has 6 nitrogen and oxygen atoms in total. The van der Waals surface area contributed by atoms with Gasteiger partial charge in [-0.05, 0) is 109 Å². The molecular weight excluding hydrogens is 985 g/mol. The van der Waals surface area contributed by atoms with E-state index in [0.29, 0.717) is 19.3 Å². The number of carbonyl (C=O) groups excluding carboxylic acids is 3. The standard InChI is InChI=1S/C74H120O6/c1-4-7-10-13-16-19-22-25-27-29-31-32-33-34-35-36-37-38-39-40-41-42-43-45-46-49-52-55-58-61-64-67-73(76)79-70-71(69-78-72(75)66-63-60-57-54-51-48-24-21-18-15-12-9-6-3)80-74(77)68-65-62-59-56-53-50-47-44-30-28-26-23-20-17-14-11-8-5-2/h7,9-10,12,16,18-19,21,25,27,31-32,34-35,37-38,40-41,43,45,48,51,57,60,71H,4-6,8,11,13-15,17,20,22-24,26,28-30,33,36,39,42,44,46-47,49-50,52-56,58-59,61-70H2,1-3H3/b10-7-,12-9-,19-16-,21-18-,27-25-,32-31-,35-34-,38-37-,41-40-,45-43-,51-48-,60-57-. The third kappa shape index (κ3) is 64.1. The Kier molecular flexibility index (Phi) is 62.9. The predicted octanol–water partition coefficient (Wildman–Crippen LogP) is 22.7. The minimum atomic E-state index is -0.818. The molecule has 0 aromatic carbocycles. The highest BCUT2D eigenvalue weighted by molar-refractivity contribution is 5.71. The molecule has 0 saturated heterocycles. The van der Waals surface area contributed by atoms with E-state index in [9.17, 15) is 14.4 Å². The van der Waals surface area contributed by atoms with Crippen molar-refractivity contribution < 1.29 is 28.6 Å². The Morgan fingerprint density at radius 1 is 0.263 bits per heavy atom. The quantitative estimate of drug-likeness (QED) is 0.0261. The van der Waals surface area contributed by atoms with Crippen molar-refractivity contribution in [1.29, 1.82) is 0 Å². The van der Waals surface area contributed by atoms with Crippen LogP contribution in [0, 0.1) is 0 Å². The Morgan fingerprint density at radius 3 is 0.838 bits per heavy atom. The lowest BCUT2D eigenvalue weighted by molar-refractivity contribution is -0.166. The van der Waals surface area contributed by atoms with Gasteiger partial charge in [-0.2, -0.15) is 0 Å². The number of unbranched alkanes of at least 4 members (excludes halogenated alkanes) is 23. The summed E-state index contributed by atoms with van der Waals surface area (Å²) < 4.78 is 16.8. The largest absolute Gasteiger partial charge is 0.462 e. The molecule has 0 amide bonds. The van der Waals surface area contributed by atoms with Crippen LogP contribution < -0.4 is 0 Å². The molecule has 0 rings (SSSR count). The van der Waals surface area contributed by atoms with Crippen molar-refractivity contribution in [2.45, 2.75) is 290 Å². The van der Waals surface area contributed by atoms with E-state index in [2.05, 4.69) is 161 Å². The topological polar surface area (TPSA) is 78.9 Å². The van der Waals surface area contributed by atoms with E-state index >= 15 is 0 Å². The zero-order valence-corrected chi connectivity index (χ0v) is 51.8. The predicted molar refractivity (Wildman–Crippen MR) is 348 cm³/mol. The summed E-state index contributed by atoms with van der Waals surface area (Å²) in [5, 5.41) is 0. The van der Waals surface area contributed by atoms with Gasteiger partial charge in [0.15, 0.2) is 6.10 Å². The molecule has 0 bridgehead atoms. The molecule has 1 unspecified atom stereocenters. The highest BCUT2D eigenvalue weighted by atomic mass is 16.6. The first-order valence-electron chi connectivity index (χ1n) is 32.8. The Morgan fingerprint density at radius 2 is 0.512 bits per heavy atom. The van der Waals surface area contributed by atoms with Crippen molar-refractivity contribution in [2.24, 2.45) is 0 Å². The minimum Gasteiger partial charge on any atom is -0.462 e. The molecule has 0 fully saturated rings. The van der Waals surface area contributed by atoms with Gasteiger partial charge >= 0.3 is 17.9 Å². The second kappa shape index (κ2) is 66.8. The summed E-state index contributed by atoms with van der Waals surface area (Å²) >= 11 is 0. The van der Waals surface area contributed by atoms with Gasteiger partial charge in [0.2, 0.25) is 0 Å².